The number of ether oxygens (including phenoxy) is 1. The van der Waals surface area contributed by atoms with E-state index in [0.717, 1.165) is 0 Å². The Labute approximate surface area is 118 Å². The van der Waals surface area contributed by atoms with Crippen LogP contribution in [0, 0.1) is 11.6 Å². The zero-order chi connectivity index (χ0) is 16.0. The monoisotopic (exact) mass is 301 g/mol. The van der Waals surface area contributed by atoms with Crippen LogP contribution in [0.2, 0.25) is 0 Å². The van der Waals surface area contributed by atoms with E-state index in [0.29, 0.717) is 12.1 Å². The molecule has 21 heavy (non-hydrogen) atoms. The molecule has 8 heteroatoms. The normalized spacial score (nSPS) is 10.0. The molecule has 1 aromatic rings. The molecule has 0 unspecified atom stereocenters. The number of carboxylic acid groups (broad SMARTS) is 1. The highest BCUT2D eigenvalue weighted by molar-refractivity contribution is 6.01. The van der Waals surface area contributed by atoms with Crippen LogP contribution in [-0.2, 0) is 14.3 Å². The molecule has 2 N–H and O–H groups in total. The number of anilines is 1. The molecule has 1 rings (SSSR count). The van der Waals surface area contributed by atoms with Crippen LogP contribution in [0.4, 0.5) is 14.5 Å². The van der Waals surface area contributed by atoms with Crippen molar-refractivity contribution < 1.29 is 33.0 Å². The van der Waals surface area contributed by atoms with Crippen molar-refractivity contribution in [3.05, 3.63) is 29.3 Å². The number of halogens is 2. The van der Waals surface area contributed by atoms with Crippen molar-refractivity contribution in [2.75, 3.05) is 11.9 Å². The van der Waals surface area contributed by atoms with Crippen LogP contribution in [0.5, 0.6) is 0 Å². The number of hydrogen-bond donors (Lipinski definition) is 2. The van der Waals surface area contributed by atoms with Crippen molar-refractivity contribution in [1.29, 1.82) is 0 Å². The van der Waals surface area contributed by atoms with E-state index in [9.17, 15) is 23.2 Å². The lowest BCUT2D eigenvalue weighted by molar-refractivity contribution is -0.144. The molecule has 1 amide bonds. The van der Waals surface area contributed by atoms with Gasteiger partial charge in [0.05, 0.1) is 24.3 Å². The molecule has 0 heterocycles. The molecule has 0 aliphatic heterocycles. The van der Waals surface area contributed by atoms with Crippen molar-refractivity contribution in [2.45, 2.75) is 19.8 Å². The number of esters is 1. The quantitative estimate of drug-likeness (QED) is 0.783. The predicted molar refractivity (Wildman–Crippen MR) is 67.8 cm³/mol. The van der Waals surface area contributed by atoms with E-state index in [1.54, 1.807) is 6.92 Å². The van der Waals surface area contributed by atoms with Gasteiger partial charge < -0.3 is 15.2 Å². The molecule has 0 bridgehead atoms. The molecule has 0 fully saturated rings. The first kappa shape index (κ1) is 16.5. The number of benzene rings is 1. The molecule has 0 saturated carbocycles. The third kappa shape index (κ3) is 4.83. The molecule has 0 atom stereocenters. The summed E-state index contributed by atoms with van der Waals surface area (Å²) in [5.41, 5.74) is -0.964. The lowest BCUT2D eigenvalue weighted by atomic mass is 10.1. The molecule has 0 spiro atoms. The Morgan fingerprint density at radius 1 is 1.19 bits per heavy atom. The van der Waals surface area contributed by atoms with Crippen molar-refractivity contribution >= 4 is 23.5 Å². The minimum Gasteiger partial charge on any atom is -0.478 e. The van der Waals surface area contributed by atoms with Crippen molar-refractivity contribution in [3.63, 3.8) is 0 Å². The molecule has 114 valence electrons. The largest absolute Gasteiger partial charge is 0.478 e. The van der Waals surface area contributed by atoms with Crippen LogP contribution in [0.25, 0.3) is 0 Å². The number of amides is 1. The second-order valence-electron chi connectivity index (χ2n) is 3.97. The Bertz CT molecular complexity index is 574. The first-order valence-electron chi connectivity index (χ1n) is 6.03. The fourth-order valence-corrected chi connectivity index (χ4v) is 1.49. The van der Waals surface area contributed by atoms with E-state index in [1.807, 2.05) is 0 Å². The van der Waals surface area contributed by atoms with Crippen LogP contribution in [-0.4, -0.2) is 29.6 Å². The summed E-state index contributed by atoms with van der Waals surface area (Å²) in [5.74, 6) is -5.44. The Hall–Kier alpha value is -2.51. The lowest BCUT2D eigenvalue weighted by Crippen LogP contribution is -2.17. The van der Waals surface area contributed by atoms with Crippen LogP contribution < -0.4 is 5.32 Å². The first-order chi connectivity index (χ1) is 9.85. The minimum absolute atomic E-state index is 0.173. The van der Waals surface area contributed by atoms with E-state index in [2.05, 4.69) is 10.1 Å². The average molecular weight is 301 g/mol. The molecule has 1 aromatic carbocycles. The molecule has 6 nitrogen and oxygen atoms in total. The Kier molecular flexibility index (Phi) is 5.77. The average Bonchev–Trinajstić information content (AvgIpc) is 2.40. The van der Waals surface area contributed by atoms with Gasteiger partial charge in [-0.1, -0.05) is 0 Å². The van der Waals surface area contributed by atoms with Gasteiger partial charge in [-0.15, -0.1) is 0 Å². The third-order valence-corrected chi connectivity index (χ3v) is 2.43. The predicted octanol–water partition coefficient (Wildman–Crippen LogP) is 1.94. The van der Waals surface area contributed by atoms with Crippen LogP contribution in [0.1, 0.15) is 30.1 Å². The van der Waals surface area contributed by atoms with Gasteiger partial charge in [-0.25, -0.2) is 13.6 Å². The van der Waals surface area contributed by atoms with Crippen LogP contribution >= 0.6 is 0 Å². The molecule has 0 aliphatic carbocycles. The van der Waals surface area contributed by atoms with Gasteiger partial charge in [-0.3, -0.25) is 9.59 Å². The van der Waals surface area contributed by atoms with Crippen molar-refractivity contribution in [2.24, 2.45) is 0 Å². The maximum atomic E-state index is 13.1. The van der Waals surface area contributed by atoms with Gasteiger partial charge in [0.15, 0.2) is 11.6 Å². The topological polar surface area (TPSA) is 92.7 Å². The maximum absolute atomic E-state index is 13.1. The number of rotatable bonds is 6. The zero-order valence-electron chi connectivity index (χ0n) is 11.1. The number of nitrogens with one attached hydrogen (secondary N) is 1. The summed E-state index contributed by atoms with van der Waals surface area (Å²) in [6.07, 6.45) is -0.470. The summed E-state index contributed by atoms with van der Waals surface area (Å²) < 4.78 is 30.7. The summed E-state index contributed by atoms with van der Waals surface area (Å²) in [6.45, 7) is 1.78. The van der Waals surface area contributed by atoms with E-state index < -0.39 is 35.0 Å². The number of carbonyl (C=O) groups excluding carboxylic acids is 2. The smallest absolute Gasteiger partial charge is 0.337 e. The standard InChI is InChI=1S/C13H13F2NO5/c1-2-21-12(18)4-3-11(17)16-10-6-9(15)8(14)5-7(10)13(19)20/h5-6H,2-4H2,1H3,(H,16,17)(H,19,20). The first-order valence-corrected chi connectivity index (χ1v) is 6.03. The van der Waals surface area contributed by atoms with E-state index in [4.69, 9.17) is 5.11 Å². The van der Waals surface area contributed by atoms with E-state index in [-0.39, 0.29) is 25.1 Å². The van der Waals surface area contributed by atoms with E-state index >= 15 is 0 Å². The van der Waals surface area contributed by atoms with E-state index in [1.165, 1.54) is 0 Å². The second-order valence-corrected chi connectivity index (χ2v) is 3.97. The molecule has 0 aliphatic rings. The van der Waals surface area contributed by atoms with Gasteiger partial charge in [-0.2, -0.15) is 0 Å². The number of carboxylic acids is 1. The van der Waals surface area contributed by atoms with Gasteiger partial charge in [0.25, 0.3) is 0 Å². The van der Waals surface area contributed by atoms with Gasteiger partial charge in [0.2, 0.25) is 5.91 Å². The van der Waals surface area contributed by atoms with Crippen LogP contribution in [0.15, 0.2) is 12.1 Å². The molecule has 0 radical (unpaired) electrons. The van der Waals surface area contributed by atoms with Gasteiger partial charge >= 0.3 is 11.9 Å². The highest BCUT2D eigenvalue weighted by Gasteiger charge is 2.17. The Morgan fingerprint density at radius 3 is 2.38 bits per heavy atom. The second kappa shape index (κ2) is 7.32. The summed E-state index contributed by atoms with van der Waals surface area (Å²) in [5, 5.41) is 11.0. The van der Waals surface area contributed by atoms with Crippen molar-refractivity contribution in [3.8, 4) is 0 Å². The van der Waals surface area contributed by atoms with Gasteiger partial charge in [-0.05, 0) is 13.0 Å². The maximum Gasteiger partial charge on any atom is 0.337 e. The van der Waals surface area contributed by atoms with Crippen LogP contribution in [0.3, 0.4) is 0 Å². The highest BCUT2D eigenvalue weighted by atomic mass is 19.2. The third-order valence-electron chi connectivity index (χ3n) is 2.43. The fraction of sp³-hybridized carbons (Fsp3) is 0.308. The minimum atomic E-state index is -1.52. The zero-order valence-corrected chi connectivity index (χ0v) is 11.1. The SMILES string of the molecule is CCOC(=O)CCC(=O)Nc1cc(F)c(F)cc1C(=O)O. The molecular formula is C13H13F2NO5. The summed E-state index contributed by atoms with van der Waals surface area (Å²) in [6, 6.07) is 1.04. The number of carbonyl (C=O) groups is 3. The molecule has 0 saturated heterocycles. The summed E-state index contributed by atoms with van der Waals surface area (Å²) in [4.78, 5) is 33.5. The fourth-order valence-electron chi connectivity index (χ4n) is 1.49. The summed E-state index contributed by atoms with van der Waals surface area (Å²) >= 11 is 0. The number of hydrogen-bond acceptors (Lipinski definition) is 4. The Balaban J connectivity index is 2.78. The highest BCUT2D eigenvalue weighted by Crippen LogP contribution is 2.20. The van der Waals surface area contributed by atoms with Gasteiger partial charge in [0, 0.05) is 12.5 Å². The summed E-state index contributed by atoms with van der Waals surface area (Å²) in [7, 11) is 0. The molecular weight excluding hydrogens is 288 g/mol. The lowest BCUT2D eigenvalue weighted by Gasteiger charge is -2.09. The van der Waals surface area contributed by atoms with Crippen molar-refractivity contribution in [1.82, 2.24) is 0 Å². The number of aromatic carboxylic acids is 1. The Morgan fingerprint density at radius 2 is 1.81 bits per heavy atom. The molecule has 0 aromatic heterocycles. The van der Waals surface area contributed by atoms with Gasteiger partial charge in [0.1, 0.15) is 0 Å².